The Hall–Kier alpha value is -1.64. The van der Waals surface area contributed by atoms with Gasteiger partial charge in [0.2, 0.25) is 5.69 Å². The first-order chi connectivity index (χ1) is 6.77. The summed E-state index contributed by atoms with van der Waals surface area (Å²) >= 11 is 0. The summed E-state index contributed by atoms with van der Waals surface area (Å²) in [6, 6.07) is 5.73. The summed E-state index contributed by atoms with van der Waals surface area (Å²) in [5.41, 5.74) is 2.95. The van der Waals surface area contributed by atoms with Crippen LogP contribution in [-0.2, 0) is 13.5 Å². The SMILES string of the molecule is CCc1c2c(C=O)cccc2[nH][n+]1C. The molecular weight excluding hydrogens is 176 g/mol. The lowest BCUT2D eigenvalue weighted by atomic mass is 10.1. The Balaban J connectivity index is 2.89. The topological polar surface area (TPSA) is 36.7 Å². The average molecular weight is 189 g/mol. The van der Waals surface area contributed by atoms with Gasteiger partial charge in [-0.15, -0.1) is 4.68 Å². The lowest BCUT2D eigenvalue weighted by Gasteiger charge is -1.92. The lowest BCUT2D eigenvalue weighted by molar-refractivity contribution is -0.731. The van der Waals surface area contributed by atoms with Gasteiger partial charge in [-0.3, -0.25) is 4.79 Å². The number of aldehydes is 1. The number of hydrogen-bond acceptors (Lipinski definition) is 1. The Morgan fingerprint density at radius 3 is 2.93 bits per heavy atom. The molecule has 0 amide bonds. The fourth-order valence-electron chi connectivity index (χ4n) is 1.91. The molecule has 72 valence electrons. The number of aromatic nitrogens is 2. The molecule has 0 saturated carbocycles. The molecule has 0 saturated heterocycles. The van der Waals surface area contributed by atoms with Gasteiger partial charge in [-0.25, -0.2) is 0 Å². The van der Waals surface area contributed by atoms with Gasteiger partial charge < -0.3 is 0 Å². The smallest absolute Gasteiger partial charge is 0.215 e. The van der Waals surface area contributed by atoms with Crippen molar-refractivity contribution in [1.82, 2.24) is 5.10 Å². The molecule has 0 aliphatic rings. The van der Waals surface area contributed by atoms with Gasteiger partial charge in [0.15, 0.2) is 13.3 Å². The molecule has 0 atom stereocenters. The maximum atomic E-state index is 10.9. The van der Waals surface area contributed by atoms with Crippen molar-refractivity contribution < 1.29 is 9.48 Å². The van der Waals surface area contributed by atoms with Crippen molar-refractivity contribution in [2.75, 3.05) is 0 Å². The van der Waals surface area contributed by atoms with E-state index in [0.29, 0.717) is 0 Å². The van der Waals surface area contributed by atoms with Crippen LogP contribution in [-0.4, -0.2) is 11.4 Å². The molecule has 1 N–H and O–H groups in total. The van der Waals surface area contributed by atoms with Crippen molar-refractivity contribution in [3.05, 3.63) is 29.5 Å². The van der Waals surface area contributed by atoms with E-state index in [2.05, 4.69) is 12.0 Å². The van der Waals surface area contributed by atoms with Gasteiger partial charge in [-0.05, 0) is 6.07 Å². The van der Waals surface area contributed by atoms with E-state index in [1.807, 2.05) is 29.9 Å². The van der Waals surface area contributed by atoms with E-state index in [4.69, 9.17) is 0 Å². The van der Waals surface area contributed by atoms with Crippen LogP contribution in [0.4, 0.5) is 0 Å². The van der Waals surface area contributed by atoms with Gasteiger partial charge in [-0.2, -0.15) is 5.10 Å². The van der Waals surface area contributed by atoms with Crippen LogP contribution < -0.4 is 4.68 Å². The molecule has 0 fully saturated rings. The number of aromatic amines is 1. The quantitative estimate of drug-likeness (QED) is 0.562. The van der Waals surface area contributed by atoms with Crippen LogP contribution in [0.25, 0.3) is 10.9 Å². The van der Waals surface area contributed by atoms with Crippen molar-refractivity contribution in [3.8, 4) is 0 Å². The minimum Gasteiger partial charge on any atom is -0.298 e. The van der Waals surface area contributed by atoms with Gasteiger partial charge >= 0.3 is 0 Å². The van der Waals surface area contributed by atoms with Crippen molar-refractivity contribution in [2.24, 2.45) is 7.05 Å². The summed E-state index contributed by atoms with van der Waals surface area (Å²) in [6.45, 7) is 2.09. The molecule has 1 heterocycles. The summed E-state index contributed by atoms with van der Waals surface area (Å²) in [7, 11) is 1.97. The van der Waals surface area contributed by atoms with E-state index in [-0.39, 0.29) is 0 Å². The van der Waals surface area contributed by atoms with E-state index in [1.54, 1.807) is 0 Å². The van der Waals surface area contributed by atoms with Gasteiger partial charge in [0.25, 0.3) is 0 Å². The zero-order chi connectivity index (χ0) is 10.1. The molecule has 3 heteroatoms. The summed E-state index contributed by atoms with van der Waals surface area (Å²) < 4.78 is 1.97. The van der Waals surface area contributed by atoms with Crippen LogP contribution in [0.5, 0.6) is 0 Å². The number of nitrogens with one attached hydrogen (secondary N) is 1. The summed E-state index contributed by atoms with van der Waals surface area (Å²) in [5, 5.41) is 4.26. The van der Waals surface area contributed by atoms with Crippen LogP contribution in [0.1, 0.15) is 23.0 Å². The number of rotatable bonds is 2. The van der Waals surface area contributed by atoms with E-state index < -0.39 is 0 Å². The third kappa shape index (κ3) is 1.13. The normalized spacial score (nSPS) is 10.7. The molecule has 3 nitrogen and oxygen atoms in total. The van der Waals surface area contributed by atoms with E-state index in [9.17, 15) is 4.79 Å². The Bertz CT molecular complexity index is 485. The number of benzene rings is 1. The molecule has 1 aromatic heterocycles. The summed E-state index contributed by atoms with van der Waals surface area (Å²) in [4.78, 5) is 10.9. The number of hydrogen-bond donors (Lipinski definition) is 1. The molecule has 0 aliphatic carbocycles. The molecule has 1 aromatic carbocycles. The summed E-state index contributed by atoms with van der Waals surface area (Å²) in [5.74, 6) is 0. The van der Waals surface area contributed by atoms with Crippen LogP contribution in [0, 0.1) is 0 Å². The zero-order valence-corrected chi connectivity index (χ0v) is 8.37. The van der Waals surface area contributed by atoms with Crippen LogP contribution in [0.2, 0.25) is 0 Å². The van der Waals surface area contributed by atoms with Crippen LogP contribution >= 0.6 is 0 Å². The monoisotopic (exact) mass is 189 g/mol. The number of aryl methyl sites for hydroxylation is 2. The van der Waals surface area contributed by atoms with Crippen molar-refractivity contribution in [1.29, 1.82) is 0 Å². The number of fused-ring (bicyclic) bond motifs is 1. The number of nitrogens with zero attached hydrogens (tertiary/aromatic N) is 1. The largest absolute Gasteiger partial charge is 0.298 e. The van der Waals surface area contributed by atoms with Crippen LogP contribution in [0.3, 0.4) is 0 Å². The number of carbonyl (C=O) groups is 1. The second kappa shape index (κ2) is 3.25. The average Bonchev–Trinajstić information content (AvgIpc) is 2.52. The van der Waals surface area contributed by atoms with E-state index >= 15 is 0 Å². The predicted octanol–water partition coefficient (Wildman–Crippen LogP) is 1.37. The second-order valence-corrected chi connectivity index (χ2v) is 3.36. The maximum absolute atomic E-state index is 10.9. The molecule has 0 unspecified atom stereocenters. The van der Waals surface area contributed by atoms with Crippen LogP contribution in [0.15, 0.2) is 18.2 Å². The molecule has 0 radical (unpaired) electrons. The third-order valence-electron chi connectivity index (χ3n) is 2.54. The summed E-state index contributed by atoms with van der Waals surface area (Å²) in [6.07, 6.45) is 1.83. The lowest BCUT2D eigenvalue weighted by Crippen LogP contribution is -2.33. The van der Waals surface area contributed by atoms with Gasteiger partial charge in [-0.1, -0.05) is 19.1 Å². The maximum Gasteiger partial charge on any atom is 0.215 e. The minimum atomic E-state index is 0.760. The Morgan fingerprint density at radius 1 is 1.50 bits per heavy atom. The predicted molar refractivity (Wildman–Crippen MR) is 54.2 cm³/mol. The molecule has 0 bridgehead atoms. The van der Waals surface area contributed by atoms with E-state index in [1.165, 1.54) is 5.69 Å². The number of H-pyrrole nitrogens is 1. The highest BCUT2D eigenvalue weighted by atomic mass is 16.1. The molecule has 0 aliphatic heterocycles. The van der Waals surface area contributed by atoms with Crippen molar-refractivity contribution >= 4 is 17.2 Å². The zero-order valence-electron chi connectivity index (χ0n) is 8.37. The fourth-order valence-corrected chi connectivity index (χ4v) is 1.91. The van der Waals surface area contributed by atoms with Gasteiger partial charge in [0.1, 0.15) is 5.52 Å². The molecular formula is C11H13N2O+. The first kappa shape index (κ1) is 8.94. The first-order valence-corrected chi connectivity index (χ1v) is 4.72. The highest BCUT2D eigenvalue weighted by Crippen LogP contribution is 2.18. The van der Waals surface area contributed by atoms with E-state index in [0.717, 1.165) is 29.2 Å². The molecule has 2 aromatic rings. The first-order valence-electron chi connectivity index (χ1n) is 4.72. The van der Waals surface area contributed by atoms with Gasteiger partial charge in [0, 0.05) is 12.0 Å². The molecule has 2 rings (SSSR count). The fraction of sp³-hybridized carbons (Fsp3) is 0.273. The highest BCUT2D eigenvalue weighted by molar-refractivity contribution is 5.97. The van der Waals surface area contributed by atoms with Gasteiger partial charge in [0.05, 0.1) is 5.39 Å². The Morgan fingerprint density at radius 2 is 2.29 bits per heavy atom. The Kier molecular flexibility index (Phi) is 2.08. The second-order valence-electron chi connectivity index (χ2n) is 3.36. The standard InChI is InChI=1S/C11H12N2O/c1-3-10-11-8(7-14)5-4-6-9(11)12-13(10)2/h4-7H,3H2,1-2H3/p+1. The van der Waals surface area contributed by atoms with Crippen molar-refractivity contribution in [3.63, 3.8) is 0 Å². The molecule has 0 spiro atoms. The highest BCUT2D eigenvalue weighted by Gasteiger charge is 2.16. The number of carbonyl (C=O) groups excluding carboxylic acids is 1. The Labute approximate surface area is 82.3 Å². The molecule has 14 heavy (non-hydrogen) atoms. The van der Waals surface area contributed by atoms with Crippen molar-refractivity contribution in [2.45, 2.75) is 13.3 Å². The minimum absolute atomic E-state index is 0.760. The third-order valence-corrected chi connectivity index (χ3v) is 2.54.